The van der Waals surface area contributed by atoms with E-state index in [4.69, 9.17) is 11.0 Å². The van der Waals surface area contributed by atoms with Gasteiger partial charge < -0.3 is 5.73 Å². The number of benzene rings is 1. The Morgan fingerprint density at radius 3 is 2.38 bits per heavy atom. The lowest BCUT2D eigenvalue weighted by molar-refractivity contribution is 0.439. The predicted octanol–water partition coefficient (Wildman–Crippen LogP) is 1.63. The standard InChI is InChI=1S/C8H5F3N2/c9-5-2-1-4(6(13)3-12)7(10)8(5)11/h1-2,6H,13H2/t6-/m1/s1. The summed E-state index contributed by atoms with van der Waals surface area (Å²) in [4.78, 5) is 0. The molecule has 2 nitrogen and oxygen atoms in total. The summed E-state index contributed by atoms with van der Waals surface area (Å²) < 4.78 is 37.8. The van der Waals surface area contributed by atoms with Gasteiger partial charge in [0.05, 0.1) is 6.07 Å². The first kappa shape index (κ1) is 9.55. The monoisotopic (exact) mass is 186 g/mol. The number of halogens is 3. The van der Waals surface area contributed by atoms with Crippen molar-refractivity contribution in [3.63, 3.8) is 0 Å². The lowest BCUT2D eigenvalue weighted by Gasteiger charge is -2.05. The van der Waals surface area contributed by atoms with Crippen LogP contribution in [0.3, 0.4) is 0 Å². The van der Waals surface area contributed by atoms with Gasteiger partial charge in [0.25, 0.3) is 0 Å². The maximum Gasteiger partial charge on any atom is 0.194 e. The van der Waals surface area contributed by atoms with E-state index in [1.807, 2.05) is 0 Å². The molecule has 0 amide bonds. The molecular weight excluding hydrogens is 181 g/mol. The SMILES string of the molecule is N#C[C@@H](N)c1ccc(F)c(F)c1F. The summed E-state index contributed by atoms with van der Waals surface area (Å²) in [5, 5.41) is 8.31. The van der Waals surface area contributed by atoms with Crippen LogP contribution in [-0.4, -0.2) is 0 Å². The van der Waals surface area contributed by atoms with Crippen molar-refractivity contribution in [1.82, 2.24) is 0 Å². The molecular formula is C8H5F3N2. The molecule has 1 aromatic carbocycles. The summed E-state index contributed by atoms with van der Waals surface area (Å²) in [6, 6.07) is 1.91. The summed E-state index contributed by atoms with van der Waals surface area (Å²) in [7, 11) is 0. The Labute approximate surface area is 72.4 Å². The Morgan fingerprint density at radius 1 is 1.23 bits per heavy atom. The molecule has 0 radical (unpaired) electrons. The lowest BCUT2D eigenvalue weighted by atomic mass is 10.1. The molecule has 1 aromatic rings. The second-order valence-corrected chi connectivity index (χ2v) is 2.37. The minimum absolute atomic E-state index is 0.346. The minimum atomic E-state index is -1.61. The molecule has 5 heteroatoms. The number of hydrogen-bond donors (Lipinski definition) is 1. The van der Waals surface area contributed by atoms with E-state index >= 15 is 0 Å². The highest BCUT2D eigenvalue weighted by atomic mass is 19.2. The van der Waals surface area contributed by atoms with E-state index < -0.39 is 23.5 Å². The van der Waals surface area contributed by atoms with Crippen molar-refractivity contribution in [2.45, 2.75) is 6.04 Å². The van der Waals surface area contributed by atoms with Gasteiger partial charge >= 0.3 is 0 Å². The number of nitrogens with two attached hydrogens (primary N) is 1. The molecule has 1 atom stereocenters. The van der Waals surface area contributed by atoms with E-state index in [1.54, 1.807) is 0 Å². The van der Waals surface area contributed by atoms with Crippen LogP contribution in [0, 0.1) is 28.8 Å². The van der Waals surface area contributed by atoms with Crippen LogP contribution in [0.1, 0.15) is 11.6 Å². The third-order valence-corrected chi connectivity index (χ3v) is 1.54. The van der Waals surface area contributed by atoms with Gasteiger partial charge in [0.1, 0.15) is 6.04 Å². The minimum Gasteiger partial charge on any atom is -0.312 e. The molecule has 0 fully saturated rings. The highest BCUT2D eigenvalue weighted by molar-refractivity contribution is 5.26. The molecule has 0 aromatic heterocycles. The molecule has 1 rings (SSSR count). The summed E-state index contributed by atoms with van der Waals surface area (Å²) in [6.45, 7) is 0. The van der Waals surface area contributed by atoms with Crippen LogP contribution in [0.2, 0.25) is 0 Å². The molecule has 0 aliphatic carbocycles. The predicted molar refractivity (Wildman–Crippen MR) is 38.9 cm³/mol. The van der Waals surface area contributed by atoms with E-state index in [1.165, 1.54) is 6.07 Å². The molecule has 0 aliphatic rings. The van der Waals surface area contributed by atoms with Gasteiger partial charge in [-0.3, -0.25) is 0 Å². The van der Waals surface area contributed by atoms with Gasteiger partial charge in [0.2, 0.25) is 0 Å². The topological polar surface area (TPSA) is 49.8 Å². The van der Waals surface area contributed by atoms with Gasteiger partial charge in [-0.25, -0.2) is 13.2 Å². The smallest absolute Gasteiger partial charge is 0.194 e. The molecule has 68 valence electrons. The van der Waals surface area contributed by atoms with Gasteiger partial charge in [-0.1, -0.05) is 6.07 Å². The van der Waals surface area contributed by atoms with Crippen molar-refractivity contribution in [1.29, 1.82) is 5.26 Å². The lowest BCUT2D eigenvalue weighted by Crippen LogP contribution is -2.11. The number of hydrogen-bond acceptors (Lipinski definition) is 2. The summed E-state index contributed by atoms with van der Waals surface area (Å²) in [6.07, 6.45) is 0. The van der Waals surface area contributed by atoms with Gasteiger partial charge in [0.15, 0.2) is 17.5 Å². The zero-order chi connectivity index (χ0) is 10.0. The van der Waals surface area contributed by atoms with Crippen molar-refractivity contribution in [2.24, 2.45) is 5.73 Å². The van der Waals surface area contributed by atoms with Crippen LogP contribution in [0.5, 0.6) is 0 Å². The summed E-state index contributed by atoms with van der Waals surface area (Å²) >= 11 is 0. The van der Waals surface area contributed by atoms with Crippen molar-refractivity contribution in [3.05, 3.63) is 35.1 Å². The first-order valence-electron chi connectivity index (χ1n) is 3.36. The molecule has 0 bridgehead atoms. The maximum atomic E-state index is 12.9. The average molecular weight is 186 g/mol. The molecule has 0 saturated heterocycles. The maximum absolute atomic E-state index is 12.9. The van der Waals surface area contributed by atoms with E-state index in [2.05, 4.69) is 0 Å². The third kappa shape index (κ3) is 1.63. The zero-order valence-corrected chi connectivity index (χ0v) is 6.39. The van der Waals surface area contributed by atoms with Gasteiger partial charge in [-0.2, -0.15) is 5.26 Å². The molecule has 13 heavy (non-hydrogen) atoms. The van der Waals surface area contributed by atoms with Crippen LogP contribution in [0.4, 0.5) is 13.2 Å². The van der Waals surface area contributed by atoms with Crippen molar-refractivity contribution in [3.8, 4) is 6.07 Å². The molecule has 0 saturated carbocycles. The molecule has 0 spiro atoms. The second-order valence-electron chi connectivity index (χ2n) is 2.37. The Balaban J connectivity index is 3.28. The van der Waals surface area contributed by atoms with E-state index in [-0.39, 0.29) is 5.56 Å². The Kier molecular flexibility index (Phi) is 2.54. The fraction of sp³-hybridized carbons (Fsp3) is 0.125. The van der Waals surface area contributed by atoms with Crippen LogP contribution in [0.25, 0.3) is 0 Å². The van der Waals surface area contributed by atoms with Crippen LogP contribution in [-0.2, 0) is 0 Å². The van der Waals surface area contributed by atoms with E-state index in [9.17, 15) is 13.2 Å². The summed E-state index contributed by atoms with van der Waals surface area (Å²) in [5.41, 5.74) is 4.78. The summed E-state index contributed by atoms with van der Waals surface area (Å²) in [5.74, 6) is -4.32. The second kappa shape index (κ2) is 3.46. The van der Waals surface area contributed by atoms with Gasteiger partial charge in [-0.05, 0) is 6.07 Å². The van der Waals surface area contributed by atoms with Crippen LogP contribution < -0.4 is 5.73 Å². The zero-order valence-electron chi connectivity index (χ0n) is 6.39. The van der Waals surface area contributed by atoms with Crippen LogP contribution >= 0.6 is 0 Å². The average Bonchev–Trinajstić information content (AvgIpc) is 2.13. The van der Waals surface area contributed by atoms with Crippen molar-refractivity contribution < 1.29 is 13.2 Å². The number of rotatable bonds is 1. The molecule has 0 unspecified atom stereocenters. The third-order valence-electron chi connectivity index (χ3n) is 1.54. The molecule has 0 heterocycles. The van der Waals surface area contributed by atoms with Gasteiger partial charge in [-0.15, -0.1) is 0 Å². The van der Waals surface area contributed by atoms with Crippen molar-refractivity contribution >= 4 is 0 Å². The van der Waals surface area contributed by atoms with E-state index in [0.717, 1.165) is 12.1 Å². The first-order chi connectivity index (χ1) is 6.07. The van der Waals surface area contributed by atoms with Crippen molar-refractivity contribution in [2.75, 3.05) is 0 Å². The highest BCUT2D eigenvalue weighted by Crippen LogP contribution is 2.19. The quantitative estimate of drug-likeness (QED) is 0.677. The number of nitrogens with zero attached hydrogens (tertiary/aromatic N) is 1. The fourth-order valence-electron chi connectivity index (χ4n) is 0.851. The Bertz CT molecular complexity index is 370. The fourth-order valence-corrected chi connectivity index (χ4v) is 0.851. The largest absolute Gasteiger partial charge is 0.312 e. The number of nitriles is 1. The Hall–Kier alpha value is -1.54. The highest BCUT2D eigenvalue weighted by Gasteiger charge is 2.17. The van der Waals surface area contributed by atoms with E-state index in [0.29, 0.717) is 0 Å². The van der Waals surface area contributed by atoms with Crippen LogP contribution in [0.15, 0.2) is 12.1 Å². The normalized spacial score (nSPS) is 12.2. The first-order valence-corrected chi connectivity index (χ1v) is 3.36. The van der Waals surface area contributed by atoms with Gasteiger partial charge in [0, 0.05) is 5.56 Å². The Morgan fingerprint density at radius 2 is 1.85 bits per heavy atom. The molecule has 0 aliphatic heterocycles. The molecule has 2 N–H and O–H groups in total.